The summed E-state index contributed by atoms with van der Waals surface area (Å²) in [6.45, 7) is 5.23. The Balaban J connectivity index is 2.59. The molecule has 1 aromatic carbocycles. The van der Waals surface area contributed by atoms with Crippen LogP contribution in [0.3, 0.4) is 0 Å². The number of rotatable bonds is 9. The van der Waals surface area contributed by atoms with Gasteiger partial charge in [0.25, 0.3) is 5.91 Å². The molecule has 1 rings (SSSR count). The number of para-hydroxylation sites is 1. The van der Waals surface area contributed by atoms with Gasteiger partial charge in [0, 0.05) is 25.3 Å². The van der Waals surface area contributed by atoms with Crippen LogP contribution in [0.2, 0.25) is 0 Å². The first-order chi connectivity index (χ1) is 10.1. The van der Waals surface area contributed by atoms with Gasteiger partial charge in [0.2, 0.25) is 0 Å². The molecular weight excluding hydrogens is 275 g/mol. The number of hydrogen-bond donors (Lipinski definition) is 2. The predicted octanol–water partition coefficient (Wildman–Crippen LogP) is 1.47. The van der Waals surface area contributed by atoms with Gasteiger partial charge in [0.1, 0.15) is 0 Å². The lowest BCUT2D eigenvalue weighted by atomic mass is 10.2. The lowest BCUT2D eigenvalue weighted by molar-refractivity contribution is -0.124. The smallest absolute Gasteiger partial charge is 0.258 e. The minimum atomic E-state index is -0.469. The third-order valence-corrected chi connectivity index (χ3v) is 2.79. The number of ether oxygens (including phenoxy) is 2. The predicted molar refractivity (Wildman–Crippen MR) is 78.8 cm³/mol. The standard InChI is InChI=1S/C15H23FN2O3/c1-4-17-8-12-6-5-7-13(16)15(12)21-10-14(19)18-11(2)9-20-3/h5-7,11,17H,4,8-10H2,1-3H3,(H,18,19). The van der Waals surface area contributed by atoms with Crippen LogP contribution < -0.4 is 15.4 Å². The van der Waals surface area contributed by atoms with Gasteiger partial charge in [0.15, 0.2) is 18.2 Å². The Morgan fingerprint density at radius 2 is 2.19 bits per heavy atom. The van der Waals surface area contributed by atoms with Crippen molar-refractivity contribution in [1.29, 1.82) is 0 Å². The molecule has 1 atom stereocenters. The van der Waals surface area contributed by atoms with E-state index < -0.39 is 5.82 Å². The molecule has 1 unspecified atom stereocenters. The van der Waals surface area contributed by atoms with Crippen LogP contribution in [0.5, 0.6) is 5.75 Å². The van der Waals surface area contributed by atoms with Crippen molar-refractivity contribution in [2.75, 3.05) is 26.9 Å². The van der Waals surface area contributed by atoms with Gasteiger partial charge in [-0.3, -0.25) is 4.79 Å². The Labute approximate surface area is 124 Å². The SMILES string of the molecule is CCNCc1cccc(F)c1OCC(=O)NC(C)COC. The second-order valence-corrected chi connectivity index (χ2v) is 4.72. The maximum atomic E-state index is 13.8. The normalized spacial score (nSPS) is 12.0. The Morgan fingerprint density at radius 3 is 2.86 bits per heavy atom. The Kier molecular flexibility index (Phi) is 7.71. The molecule has 1 amide bonds. The summed E-state index contributed by atoms with van der Waals surface area (Å²) >= 11 is 0. The topological polar surface area (TPSA) is 59.6 Å². The molecule has 0 radical (unpaired) electrons. The molecular formula is C15H23FN2O3. The fourth-order valence-corrected chi connectivity index (χ4v) is 1.86. The molecule has 0 heterocycles. The van der Waals surface area contributed by atoms with Crippen LogP contribution in [0.4, 0.5) is 4.39 Å². The fourth-order valence-electron chi connectivity index (χ4n) is 1.86. The van der Waals surface area contributed by atoms with E-state index in [0.29, 0.717) is 18.7 Å². The second kappa shape index (κ2) is 9.31. The van der Waals surface area contributed by atoms with E-state index in [4.69, 9.17) is 9.47 Å². The number of carbonyl (C=O) groups excluding carboxylic acids is 1. The van der Waals surface area contributed by atoms with Crippen molar-refractivity contribution in [3.63, 3.8) is 0 Å². The third-order valence-electron chi connectivity index (χ3n) is 2.79. The van der Waals surface area contributed by atoms with Crippen molar-refractivity contribution in [3.8, 4) is 5.75 Å². The molecule has 6 heteroatoms. The minimum absolute atomic E-state index is 0.118. The van der Waals surface area contributed by atoms with Gasteiger partial charge in [-0.2, -0.15) is 0 Å². The van der Waals surface area contributed by atoms with Gasteiger partial charge < -0.3 is 20.1 Å². The van der Waals surface area contributed by atoms with E-state index in [-0.39, 0.29) is 24.3 Å². The van der Waals surface area contributed by atoms with Crippen LogP contribution in [-0.2, 0) is 16.1 Å². The molecule has 0 saturated carbocycles. The maximum Gasteiger partial charge on any atom is 0.258 e. The number of hydrogen-bond acceptors (Lipinski definition) is 4. The molecule has 0 bridgehead atoms. The van der Waals surface area contributed by atoms with Crippen LogP contribution in [0.15, 0.2) is 18.2 Å². The number of amides is 1. The van der Waals surface area contributed by atoms with E-state index >= 15 is 0 Å². The van der Waals surface area contributed by atoms with Crippen LogP contribution in [0.1, 0.15) is 19.4 Å². The maximum absolute atomic E-state index is 13.8. The first kappa shape index (κ1) is 17.4. The lowest BCUT2D eigenvalue weighted by Crippen LogP contribution is -2.38. The van der Waals surface area contributed by atoms with E-state index in [1.54, 1.807) is 19.2 Å². The van der Waals surface area contributed by atoms with Gasteiger partial charge in [-0.1, -0.05) is 19.1 Å². The molecule has 0 fully saturated rings. The van der Waals surface area contributed by atoms with Gasteiger partial charge in [-0.05, 0) is 19.5 Å². The van der Waals surface area contributed by atoms with E-state index in [0.717, 1.165) is 6.54 Å². The van der Waals surface area contributed by atoms with Crippen LogP contribution in [0, 0.1) is 5.82 Å². The van der Waals surface area contributed by atoms with Crippen molar-refractivity contribution < 1.29 is 18.7 Å². The van der Waals surface area contributed by atoms with Crippen LogP contribution in [-0.4, -0.2) is 38.8 Å². The van der Waals surface area contributed by atoms with Crippen molar-refractivity contribution in [2.24, 2.45) is 0 Å². The van der Waals surface area contributed by atoms with Gasteiger partial charge in [-0.25, -0.2) is 4.39 Å². The van der Waals surface area contributed by atoms with Crippen molar-refractivity contribution in [1.82, 2.24) is 10.6 Å². The molecule has 0 aliphatic rings. The number of carbonyl (C=O) groups is 1. The first-order valence-electron chi connectivity index (χ1n) is 6.97. The van der Waals surface area contributed by atoms with Gasteiger partial charge in [0.05, 0.1) is 6.61 Å². The summed E-state index contributed by atoms with van der Waals surface area (Å²) in [5.41, 5.74) is 0.689. The molecule has 0 saturated heterocycles. The summed E-state index contributed by atoms with van der Waals surface area (Å²) < 4.78 is 24.1. The highest BCUT2D eigenvalue weighted by atomic mass is 19.1. The number of nitrogens with one attached hydrogen (secondary N) is 2. The average Bonchev–Trinajstić information content (AvgIpc) is 2.44. The molecule has 118 valence electrons. The average molecular weight is 298 g/mol. The summed E-state index contributed by atoms with van der Waals surface area (Å²) in [4.78, 5) is 11.7. The highest BCUT2D eigenvalue weighted by Gasteiger charge is 2.13. The summed E-state index contributed by atoms with van der Waals surface area (Å²) in [5, 5.41) is 5.81. The summed E-state index contributed by atoms with van der Waals surface area (Å²) in [5.74, 6) is -0.659. The van der Waals surface area contributed by atoms with Crippen LogP contribution in [0.25, 0.3) is 0 Å². The molecule has 0 aliphatic heterocycles. The quantitative estimate of drug-likeness (QED) is 0.725. The van der Waals surface area contributed by atoms with Gasteiger partial charge in [-0.15, -0.1) is 0 Å². The number of methoxy groups -OCH3 is 1. The lowest BCUT2D eigenvalue weighted by Gasteiger charge is -2.15. The monoisotopic (exact) mass is 298 g/mol. The summed E-state index contributed by atoms with van der Waals surface area (Å²) in [7, 11) is 1.56. The summed E-state index contributed by atoms with van der Waals surface area (Å²) in [6, 6.07) is 4.59. The van der Waals surface area contributed by atoms with Gasteiger partial charge >= 0.3 is 0 Å². The third kappa shape index (κ3) is 6.10. The first-order valence-corrected chi connectivity index (χ1v) is 6.97. The molecule has 0 aromatic heterocycles. The zero-order valence-corrected chi connectivity index (χ0v) is 12.7. The zero-order chi connectivity index (χ0) is 15.7. The van der Waals surface area contributed by atoms with Crippen molar-refractivity contribution >= 4 is 5.91 Å². The molecule has 5 nitrogen and oxygen atoms in total. The molecule has 2 N–H and O–H groups in total. The second-order valence-electron chi connectivity index (χ2n) is 4.72. The van der Waals surface area contributed by atoms with E-state index in [9.17, 15) is 9.18 Å². The Bertz CT molecular complexity index is 455. The van der Waals surface area contributed by atoms with E-state index in [1.165, 1.54) is 6.07 Å². The Hall–Kier alpha value is -1.66. The number of halogens is 1. The van der Waals surface area contributed by atoms with Crippen molar-refractivity contribution in [2.45, 2.75) is 26.4 Å². The minimum Gasteiger partial charge on any atom is -0.480 e. The molecule has 0 spiro atoms. The molecule has 0 aliphatic carbocycles. The van der Waals surface area contributed by atoms with E-state index in [2.05, 4.69) is 10.6 Å². The highest BCUT2D eigenvalue weighted by Crippen LogP contribution is 2.22. The summed E-state index contributed by atoms with van der Waals surface area (Å²) in [6.07, 6.45) is 0. The largest absolute Gasteiger partial charge is 0.480 e. The zero-order valence-electron chi connectivity index (χ0n) is 12.7. The van der Waals surface area contributed by atoms with Crippen molar-refractivity contribution in [3.05, 3.63) is 29.6 Å². The Morgan fingerprint density at radius 1 is 1.43 bits per heavy atom. The fraction of sp³-hybridized carbons (Fsp3) is 0.533. The molecule has 1 aromatic rings. The highest BCUT2D eigenvalue weighted by molar-refractivity contribution is 5.77. The number of benzene rings is 1. The van der Waals surface area contributed by atoms with Crippen LogP contribution >= 0.6 is 0 Å². The van der Waals surface area contributed by atoms with E-state index in [1.807, 2.05) is 13.8 Å². The molecule has 21 heavy (non-hydrogen) atoms.